The quantitative estimate of drug-likeness (QED) is 0.650. The van der Waals surface area contributed by atoms with Crippen molar-refractivity contribution in [1.82, 2.24) is 4.90 Å². The summed E-state index contributed by atoms with van der Waals surface area (Å²) in [6.45, 7) is 7.35. The summed E-state index contributed by atoms with van der Waals surface area (Å²) in [4.78, 5) is 2.54. The standard InChI is InChI=1S/C13H27N/c1-4-5-11-14(3)12-13(2)9-7-6-8-10-13/h4-12H2,1-3H3. The minimum Gasteiger partial charge on any atom is -0.306 e. The smallest absolute Gasteiger partial charge is 0.00323 e. The molecule has 0 aromatic heterocycles. The van der Waals surface area contributed by atoms with Crippen LogP contribution in [0.15, 0.2) is 0 Å². The fourth-order valence-electron chi connectivity index (χ4n) is 2.72. The molecule has 1 fully saturated rings. The molecule has 0 saturated heterocycles. The molecule has 1 aliphatic rings. The molecule has 0 heterocycles. The number of hydrogen-bond donors (Lipinski definition) is 0. The third-order valence-electron chi connectivity index (χ3n) is 3.61. The van der Waals surface area contributed by atoms with Crippen LogP contribution in [-0.2, 0) is 0 Å². The van der Waals surface area contributed by atoms with E-state index >= 15 is 0 Å². The lowest BCUT2D eigenvalue weighted by Gasteiger charge is -2.37. The molecule has 1 saturated carbocycles. The first-order valence-corrected chi connectivity index (χ1v) is 6.35. The van der Waals surface area contributed by atoms with Gasteiger partial charge in [-0.1, -0.05) is 39.5 Å². The molecular formula is C13H27N. The van der Waals surface area contributed by atoms with Gasteiger partial charge < -0.3 is 4.90 Å². The van der Waals surface area contributed by atoms with Gasteiger partial charge in [-0.15, -0.1) is 0 Å². The van der Waals surface area contributed by atoms with Crippen molar-refractivity contribution in [3.8, 4) is 0 Å². The third kappa shape index (κ3) is 4.00. The molecule has 1 nitrogen and oxygen atoms in total. The lowest BCUT2D eigenvalue weighted by atomic mass is 9.75. The Balaban J connectivity index is 2.25. The Morgan fingerprint density at radius 2 is 1.79 bits per heavy atom. The van der Waals surface area contributed by atoms with E-state index in [0.29, 0.717) is 5.41 Å². The number of hydrogen-bond acceptors (Lipinski definition) is 1. The van der Waals surface area contributed by atoms with E-state index in [1.54, 1.807) is 0 Å². The van der Waals surface area contributed by atoms with Gasteiger partial charge in [0.1, 0.15) is 0 Å². The number of nitrogens with zero attached hydrogens (tertiary/aromatic N) is 1. The van der Waals surface area contributed by atoms with Crippen molar-refractivity contribution in [2.75, 3.05) is 20.1 Å². The molecule has 0 unspecified atom stereocenters. The zero-order valence-corrected chi connectivity index (χ0v) is 10.3. The molecule has 0 aromatic carbocycles. The highest BCUT2D eigenvalue weighted by atomic mass is 15.1. The van der Waals surface area contributed by atoms with Crippen molar-refractivity contribution in [2.24, 2.45) is 5.41 Å². The zero-order valence-electron chi connectivity index (χ0n) is 10.3. The van der Waals surface area contributed by atoms with Crippen LogP contribution < -0.4 is 0 Å². The normalized spacial score (nSPS) is 21.4. The van der Waals surface area contributed by atoms with Crippen LogP contribution in [0.25, 0.3) is 0 Å². The van der Waals surface area contributed by atoms with Gasteiger partial charge >= 0.3 is 0 Å². The molecule has 1 heteroatoms. The van der Waals surface area contributed by atoms with Crippen molar-refractivity contribution < 1.29 is 0 Å². The Kier molecular flexibility index (Phi) is 4.94. The molecule has 0 bridgehead atoms. The molecule has 0 radical (unpaired) electrons. The van der Waals surface area contributed by atoms with Crippen molar-refractivity contribution in [1.29, 1.82) is 0 Å². The predicted molar refractivity (Wildman–Crippen MR) is 63.6 cm³/mol. The molecule has 0 aliphatic heterocycles. The van der Waals surface area contributed by atoms with E-state index in [1.807, 2.05) is 0 Å². The summed E-state index contributed by atoms with van der Waals surface area (Å²) in [7, 11) is 2.29. The Bertz CT molecular complexity index is 147. The highest BCUT2D eigenvalue weighted by molar-refractivity contribution is 4.80. The second kappa shape index (κ2) is 5.75. The largest absolute Gasteiger partial charge is 0.306 e. The molecule has 0 N–H and O–H groups in total. The molecule has 0 spiro atoms. The van der Waals surface area contributed by atoms with Crippen LogP contribution in [0.1, 0.15) is 58.8 Å². The van der Waals surface area contributed by atoms with Crippen LogP contribution >= 0.6 is 0 Å². The fraction of sp³-hybridized carbons (Fsp3) is 1.00. The fourth-order valence-corrected chi connectivity index (χ4v) is 2.72. The first-order chi connectivity index (χ1) is 6.66. The minimum atomic E-state index is 0.626. The van der Waals surface area contributed by atoms with Crippen molar-refractivity contribution >= 4 is 0 Å². The highest BCUT2D eigenvalue weighted by Crippen LogP contribution is 2.36. The van der Waals surface area contributed by atoms with Crippen LogP contribution in [0.3, 0.4) is 0 Å². The first-order valence-electron chi connectivity index (χ1n) is 6.35. The van der Waals surface area contributed by atoms with Crippen LogP contribution in [0.5, 0.6) is 0 Å². The van der Waals surface area contributed by atoms with Gasteiger partial charge in [0.05, 0.1) is 0 Å². The van der Waals surface area contributed by atoms with Crippen molar-refractivity contribution in [3.63, 3.8) is 0 Å². The van der Waals surface area contributed by atoms with Gasteiger partial charge in [-0.05, 0) is 38.3 Å². The van der Waals surface area contributed by atoms with Gasteiger partial charge in [0.25, 0.3) is 0 Å². The van der Waals surface area contributed by atoms with Gasteiger partial charge in [-0.3, -0.25) is 0 Å². The van der Waals surface area contributed by atoms with Gasteiger partial charge in [-0.25, -0.2) is 0 Å². The summed E-state index contributed by atoms with van der Waals surface area (Å²) < 4.78 is 0. The van der Waals surface area contributed by atoms with E-state index < -0.39 is 0 Å². The molecule has 84 valence electrons. The summed E-state index contributed by atoms with van der Waals surface area (Å²) in [5, 5.41) is 0. The SMILES string of the molecule is CCCCN(C)CC1(C)CCCCC1. The number of unbranched alkanes of at least 4 members (excludes halogenated alkanes) is 1. The predicted octanol–water partition coefficient (Wildman–Crippen LogP) is 3.69. The molecule has 1 rings (SSSR count). The van der Waals surface area contributed by atoms with Gasteiger partial charge in [0.15, 0.2) is 0 Å². The van der Waals surface area contributed by atoms with E-state index in [1.165, 1.54) is 58.0 Å². The van der Waals surface area contributed by atoms with Crippen molar-refractivity contribution in [2.45, 2.75) is 58.8 Å². The minimum absolute atomic E-state index is 0.626. The van der Waals surface area contributed by atoms with Gasteiger partial charge in [-0.2, -0.15) is 0 Å². The Labute approximate surface area is 89.9 Å². The highest BCUT2D eigenvalue weighted by Gasteiger charge is 2.27. The third-order valence-corrected chi connectivity index (χ3v) is 3.61. The first kappa shape index (κ1) is 12.0. The maximum absolute atomic E-state index is 2.54. The lowest BCUT2D eigenvalue weighted by molar-refractivity contribution is 0.138. The second-order valence-corrected chi connectivity index (χ2v) is 5.46. The number of rotatable bonds is 5. The summed E-state index contributed by atoms with van der Waals surface area (Å²) in [5.41, 5.74) is 0.626. The second-order valence-electron chi connectivity index (χ2n) is 5.46. The summed E-state index contributed by atoms with van der Waals surface area (Å²) in [5.74, 6) is 0. The van der Waals surface area contributed by atoms with Crippen LogP contribution in [0, 0.1) is 5.41 Å². The maximum Gasteiger partial charge on any atom is 0.00323 e. The van der Waals surface area contributed by atoms with Crippen LogP contribution in [0.2, 0.25) is 0 Å². The van der Waals surface area contributed by atoms with Gasteiger partial charge in [0, 0.05) is 6.54 Å². The van der Waals surface area contributed by atoms with Crippen LogP contribution in [-0.4, -0.2) is 25.0 Å². The molecule has 1 aliphatic carbocycles. The Morgan fingerprint density at radius 1 is 1.14 bits per heavy atom. The lowest BCUT2D eigenvalue weighted by Crippen LogP contribution is -2.35. The van der Waals surface area contributed by atoms with Crippen molar-refractivity contribution in [3.05, 3.63) is 0 Å². The monoisotopic (exact) mass is 197 g/mol. The van der Waals surface area contributed by atoms with Gasteiger partial charge in [0.2, 0.25) is 0 Å². The summed E-state index contributed by atoms with van der Waals surface area (Å²) in [6.07, 6.45) is 9.95. The molecule has 0 atom stereocenters. The Hall–Kier alpha value is -0.0400. The average Bonchev–Trinajstić information content (AvgIpc) is 2.15. The van der Waals surface area contributed by atoms with E-state index in [9.17, 15) is 0 Å². The zero-order chi connectivity index (χ0) is 10.4. The molecular weight excluding hydrogens is 170 g/mol. The topological polar surface area (TPSA) is 3.24 Å². The molecule has 0 aromatic rings. The summed E-state index contributed by atoms with van der Waals surface area (Å²) in [6, 6.07) is 0. The van der Waals surface area contributed by atoms with E-state index in [2.05, 4.69) is 25.8 Å². The molecule has 14 heavy (non-hydrogen) atoms. The average molecular weight is 197 g/mol. The van der Waals surface area contributed by atoms with Crippen LogP contribution in [0.4, 0.5) is 0 Å². The maximum atomic E-state index is 2.54. The summed E-state index contributed by atoms with van der Waals surface area (Å²) >= 11 is 0. The van der Waals surface area contributed by atoms with E-state index in [0.717, 1.165) is 0 Å². The Morgan fingerprint density at radius 3 is 2.36 bits per heavy atom. The molecule has 0 amide bonds. The van der Waals surface area contributed by atoms with E-state index in [4.69, 9.17) is 0 Å². The van der Waals surface area contributed by atoms with E-state index in [-0.39, 0.29) is 0 Å².